The Morgan fingerprint density at radius 2 is 1.72 bits per heavy atom. The first kappa shape index (κ1) is 19.3. The standard InChI is InChI=1S/C24H22FN3S/c1-17-11-13-19(14-12-17)22-15-23(20-9-5-6-10-21(20)25)28(27-22)24(29)26-16-18-7-3-2-4-8-18/h2-14,23H,15-16H2,1H3,(H,26,29). The van der Waals surface area contributed by atoms with Crippen LogP contribution in [0.15, 0.2) is 84.0 Å². The molecular weight excluding hydrogens is 381 g/mol. The van der Waals surface area contributed by atoms with Crippen molar-refractivity contribution in [3.63, 3.8) is 0 Å². The summed E-state index contributed by atoms with van der Waals surface area (Å²) < 4.78 is 14.6. The summed E-state index contributed by atoms with van der Waals surface area (Å²) in [6, 6.07) is 24.8. The highest BCUT2D eigenvalue weighted by Gasteiger charge is 2.32. The molecule has 1 aliphatic rings. The molecule has 0 fully saturated rings. The molecule has 1 unspecified atom stereocenters. The van der Waals surface area contributed by atoms with Gasteiger partial charge in [0.05, 0.1) is 11.8 Å². The minimum Gasteiger partial charge on any atom is -0.357 e. The Bertz CT molecular complexity index is 1030. The number of benzene rings is 3. The predicted octanol–water partition coefficient (Wildman–Crippen LogP) is 5.36. The summed E-state index contributed by atoms with van der Waals surface area (Å²) in [5, 5.41) is 10.3. The van der Waals surface area contributed by atoms with E-state index >= 15 is 0 Å². The zero-order valence-corrected chi connectivity index (χ0v) is 17.0. The van der Waals surface area contributed by atoms with Crippen LogP contribution in [0, 0.1) is 12.7 Å². The van der Waals surface area contributed by atoms with Gasteiger partial charge in [-0.3, -0.25) is 0 Å². The van der Waals surface area contributed by atoms with E-state index in [9.17, 15) is 4.39 Å². The van der Waals surface area contributed by atoms with Gasteiger partial charge in [0, 0.05) is 18.5 Å². The number of halogens is 1. The zero-order chi connectivity index (χ0) is 20.2. The Morgan fingerprint density at radius 3 is 2.45 bits per heavy atom. The van der Waals surface area contributed by atoms with Gasteiger partial charge in [-0.2, -0.15) is 5.10 Å². The first-order chi connectivity index (χ1) is 14.1. The molecule has 3 nitrogen and oxygen atoms in total. The van der Waals surface area contributed by atoms with E-state index in [0.29, 0.717) is 23.6 Å². The lowest BCUT2D eigenvalue weighted by Gasteiger charge is -2.25. The summed E-state index contributed by atoms with van der Waals surface area (Å²) in [6.45, 7) is 2.65. The minimum atomic E-state index is -0.275. The van der Waals surface area contributed by atoms with Crippen LogP contribution < -0.4 is 5.32 Å². The molecule has 0 aliphatic carbocycles. The van der Waals surface area contributed by atoms with Gasteiger partial charge in [0.15, 0.2) is 5.11 Å². The van der Waals surface area contributed by atoms with Crippen LogP contribution in [0.25, 0.3) is 0 Å². The lowest BCUT2D eigenvalue weighted by Crippen LogP contribution is -2.36. The Kier molecular flexibility index (Phi) is 5.67. The van der Waals surface area contributed by atoms with Crippen molar-refractivity contribution < 1.29 is 4.39 Å². The highest BCUT2D eigenvalue weighted by Crippen LogP contribution is 2.34. The van der Waals surface area contributed by atoms with E-state index < -0.39 is 0 Å². The Hall–Kier alpha value is -3.05. The molecule has 0 saturated heterocycles. The summed E-state index contributed by atoms with van der Waals surface area (Å²) in [7, 11) is 0. The van der Waals surface area contributed by atoms with E-state index in [0.717, 1.165) is 16.8 Å². The number of nitrogens with zero attached hydrogens (tertiary/aromatic N) is 2. The van der Waals surface area contributed by atoms with E-state index in [1.165, 1.54) is 11.6 Å². The van der Waals surface area contributed by atoms with Crippen molar-refractivity contribution in [3.8, 4) is 0 Å². The molecule has 0 amide bonds. The lowest BCUT2D eigenvalue weighted by atomic mass is 9.98. The molecule has 1 N–H and O–H groups in total. The summed E-state index contributed by atoms with van der Waals surface area (Å²) in [5.74, 6) is -0.242. The van der Waals surface area contributed by atoms with Crippen LogP contribution in [-0.2, 0) is 6.54 Å². The second kappa shape index (κ2) is 8.53. The van der Waals surface area contributed by atoms with Crippen molar-refractivity contribution in [1.82, 2.24) is 10.3 Å². The molecule has 3 aromatic rings. The summed E-state index contributed by atoms with van der Waals surface area (Å²) in [4.78, 5) is 0. The molecule has 1 atom stereocenters. The predicted molar refractivity (Wildman–Crippen MR) is 119 cm³/mol. The highest BCUT2D eigenvalue weighted by molar-refractivity contribution is 7.80. The largest absolute Gasteiger partial charge is 0.357 e. The van der Waals surface area contributed by atoms with Crippen molar-refractivity contribution in [3.05, 3.63) is 107 Å². The van der Waals surface area contributed by atoms with Gasteiger partial charge in [-0.25, -0.2) is 9.40 Å². The van der Waals surface area contributed by atoms with Gasteiger partial charge in [0.2, 0.25) is 0 Å². The lowest BCUT2D eigenvalue weighted by molar-refractivity contribution is 0.353. The van der Waals surface area contributed by atoms with Crippen molar-refractivity contribution >= 4 is 23.0 Å². The second-order valence-electron chi connectivity index (χ2n) is 7.14. The van der Waals surface area contributed by atoms with Gasteiger partial charge < -0.3 is 5.32 Å². The fraction of sp³-hybridized carbons (Fsp3) is 0.167. The zero-order valence-electron chi connectivity index (χ0n) is 16.2. The van der Waals surface area contributed by atoms with Crippen LogP contribution in [-0.4, -0.2) is 15.8 Å². The van der Waals surface area contributed by atoms with Crippen LogP contribution >= 0.6 is 12.2 Å². The molecule has 5 heteroatoms. The monoisotopic (exact) mass is 403 g/mol. The fourth-order valence-electron chi connectivity index (χ4n) is 3.46. The van der Waals surface area contributed by atoms with Crippen LogP contribution in [0.3, 0.4) is 0 Å². The second-order valence-corrected chi connectivity index (χ2v) is 7.53. The maximum atomic E-state index is 14.6. The van der Waals surface area contributed by atoms with Crippen molar-refractivity contribution in [2.24, 2.45) is 5.10 Å². The van der Waals surface area contributed by atoms with E-state index in [1.807, 2.05) is 36.4 Å². The van der Waals surface area contributed by atoms with Gasteiger partial charge in [0.1, 0.15) is 5.82 Å². The molecule has 0 spiro atoms. The van der Waals surface area contributed by atoms with Crippen LogP contribution in [0.1, 0.15) is 34.7 Å². The maximum absolute atomic E-state index is 14.6. The first-order valence-electron chi connectivity index (χ1n) is 9.62. The summed E-state index contributed by atoms with van der Waals surface area (Å²) in [5.41, 5.74) is 4.85. The summed E-state index contributed by atoms with van der Waals surface area (Å²) in [6.07, 6.45) is 0.594. The van der Waals surface area contributed by atoms with Crippen molar-refractivity contribution in [2.45, 2.75) is 25.9 Å². The van der Waals surface area contributed by atoms with Gasteiger partial charge >= 0.3 is 0 Å². The summed E-state index contributed by atoms with van der Waals surface area (Å²) >= 11 is 5.64. The van der Waals surface area contributed by atoms with Crippen LogP contribution in [0.5, 0.6) is 0 Å². The van der Waals surface area contributed by atoms with Gasteiger partial charge in [0.25, 0.3) is 0 Å². The topological polar surface area (TPSA) is 27.6 Å². The fourth-order valence-corrected chi connectivity index (χ4v) is 3.70. The maximum Gasteiger partial charge on any atom is 0.190 e. The number of thiocarbonyl (C=S) groups is 1. The minimum absolute atomic E-state index is 0.242. The van der Waals surface area contributed by atoms with Crippen LogP contribution in [0.4, 0.5) is 4.39 Å². The molecule has 1 aliphatic heterocycles. The van der Waals surface area contributed by atoms with Crippen molar-refractivity contribution in [2.75, 3.05) is 0 Å². The Morgan fingerprint density at radius 1 is 1.03 bits per heavy atom. The molecule has 146 valence electrons. The van der Waals surface area contributed by atoms with Gasteiger partial charge in [-0.15, -0.1) is 0 Å². The number of hydrazone groups is 1. The first-order valence-corrected chi connectivity index (χ1v) is 10.0. The third-order valence-electron chi connectivity index (χ3n) is 5.05. The van der Waals surface area contributed by atoms with Crippen molar-refractivity contribution in [1.29, 1.82) is 0 Å². The van der Waals surface area contributed by atoms with Gasteiger partial charge in [-0.1, -0.05) is 78.4 Å². The molecular formula is C24H22FN3S. The highest BCUT2D eigenvalue weighted by atomic mass is 32.1. The molecule has 3 aromatic carbocycles. The van der Waals surface area contributed by atoms with E-state index in [1.54, 1.807) is 17.1 Å². The smallest absolute Gasteiger partial charge is 0.190 e. The van der Waals surface area contributed by atoms with E-state index in [4.69, 9.17) is 17.3 Å². The van der Waals surface area contributed by atoms with Crippen LogP contribution in [0.2, 0.25) is 0 Å². The van der Waals surface area contributed by atoms with E-state index in [2.05, 4.69) is 36.5 Å². The number of hydrogen-bond donors (Lipinski definition) is 1. The normalized spacial score (nSPS) is 15.9. The third-order valence-corrected chi connectivity index (χ3v) is 5.39. The molecule has 4 rings (SSSR count). The number of hydrogen-bond acceptors (Lipinski definition) is 2. The SMILES string of the molecule is Cc1ccc(C2=NN(C(=S)NCc3ccccc3)C(c3ccccc3F)C2)cc1. The Labute approximate surface area is 175 Å². The molecule has 0 saturated carbocycles. The number of aryl methyl sites for hydroxylation is 1. The number of nitrogens with one attached hydrogen (secondary N) is 1. The molecule has 29 heavy (non-hydrogen) atoms. The molecule has 0 bridgehead atoms. The average molecular weight is 404 g/mol. The average Bonchev–Trinajstić information content (AvgIpc) is 3.19. The quantitative estimate of drug-likeness (QED) is 0.594. The van der Waals surface area contributed by atoms with Gasteiger partial charge in [-0.05, 0) is 36.3 Å². The molecule has 0 aromatic heterocycles. The number of rotatable bonds is 4. The molecule has 1 heterocycles. The Balaban J connectivity index is 1.61. The van der Waals surface area contributed by atoms with E-state index in [-0.39, 0.29) is 11.9 Å². The molecule has 0 radical (unpaired) electrons. The third kappa shape index (κ3) is 4.35.